The highest BCUT2D eigenvalue weighted by Crippen LogP contribution is 2.22. The summed E-state index contributed by atoms with van der Waals surface area (Å²) in [7, 11) is 0. The third kappa shape index (κ3) is 3.16. The number of rotatable bonds is 4. The lowest BCUT2D eigenvalue weighted by Gasteiger charge is -2.08. The zero-order valence-electron chi connectivity index (χ0n) is 10.0. The number of hydrogen-bond donors (Lipinski definition) is 1. The Labute approximate surface area is 116 Å². The zero-order valence-corrected chi connectivity index (χ0v) is 12.2. The van der Waals surface area contributed by atoms with Gasteiger partial charge in [0, 0.05) is 14.7 Å². The summed E-state index contributed by atoms with van der Waals surface area (Å²) in [5.41, 5.74) is 9.15. The van der Waals surface area contributed by atoms with Crippen LogP contribution in [0.25, 0.3) is 10.9 Å². The van der Waals surface area contributed by atoms with Crippen LogP contribution in [0, 0.1) is 10.5 Å². The van der Waals surface area contributed by atoms with E-state index in [1.54, 1.807) is 0 Å². The molecule has 3 heteroatoms. The second kappa shape index (κ2) is 5.78. The molecule has 0 aliphatic carbocycles. The van der Waals surface area contributed by atoms with Gasteiger partial charge in [-0.3, -0.25) is 4.98 Å². The van der Waals surface area contributed by atoms with E-state index >= 15 is 0 Å². The lowest BCUT2D eigenvalue weighted by molar-refractivity contribution is 0.746. The number of unbranched alkanes of at least 4 members (excludes halogenated alkanes) is 1. The Morgan fingerprint density at radius 2 is 2.06 bits per heavy atom. The Kier molecular flexibility index (Phi) is 4.34. The van der Waals surface area contributed by atoms with Crippen LogP contribution in [0.15, 0.2) is 24.3 Å². The maximum Gasteiger partial charge on any atom is 0.0708 e. The Balaban J connectivity index is 2.40. The number of benzene rings is 1. The Morgan fingerprint density at radius 3 is 2.82 bits per heavy atom. The maximum absolute atomic E-state index is 5.55. The van der Waals surface area contributed by atoms with Crippen molar-refractivity contribution < 1.29 is 0 Å². The third-order valence-electron chi connectivity index (χ3n) is 2.88. The molecule has 0 atom stereocenters. The van der Waals surface area contributed by atoms with E-state index in [0.29, 0.717) is 0 Å². The molecule has 0 aliphatic rings. The van der Waals surface area contributed by atoms with Crippen LogP contribution in [0.3, 0.4) is 0 Å². The van der Waals surface area contributed by atoms with Crippen molar-refractivity contribution in [2.45, 2.75) is 26.2 Å². The summed E-state index contributed by atoms with van der Waals surface area (Å²) in [6, 6.07) is 8.64. The lowest BCUT2D eigenvalue weighted by Crippen LogP contribution is -2.00. The minimum Gasteiger partial charge on any atom is -0.330 e. The minimum atomic E-state index is 0.777. The van der Waals surface area contributed by atoms with Gasteiger partial charge in [0.1, 0.15) is 0 Å². The summed E-state index contributed by atoms with van der Waals surface area (Å²) in [5.74, 6) is 0. The molecule has 1 aromatic heterocycles. The van der Waals surface area contributed by atoms with Gasteiger partial charge >= 0.3 is 0 Å². The average Bonchev–Trinajstić information content (AvgIpc) is 2.30. The van der Waals surface area contributed by atoms with Gasteiger partial charge in [-0.1, -0.05) is 0 Å². The molecule has 0 unspecified atom stereocenters. The Morgan fingerprint density at radius 1 is 1.24 bits per heavy atom. The first-order valence-electron chi connectivity index (χ1n) is 5.96. The first-order chi connectivity index (χ1) is 8.20. The molecule has 1 aromatic carbocycles. The van der Waals surface area contributed by atoms with E-state index < -0.39 is 0 Å². The van der Waals surface area contributed by atoms with Crippen LogP contribution in [0.2, 0.25) is 0 Å². The number of nitrogens with zero attached hydrogens (tertiary/aromatic N) is 1. The van der Waals surface area contributed by atoms with Crippen molar-refractivity contribution in [3.05, 3.63) is 39.1 Å². The fourth-order valence-corrected chi connectivity index (χ4v) is 2.57. The van der Waals surface area contributed by atoms with Crippen molar-refractivity contribution >= 4 is 33.5 Å². The van der Waals surface area contributed by atoms with Gasteiger partial charge in [0.2, 0.25) is 0 Å². The molecule has 0 fully saturated rings. The first kappa shape index (κ1) is 12.8. The number of aromatic nitrogens is 1. The molecular formula is C14H17IN2. The van der Waals surface area contributed by atoms with Gasteiger partial charge in [0.05, 0.1) is 5.52 Å². The molecule has 2 N–H and O–H groups in total. The highest BCUT2D eigenvalue weighted by molar-refractivity contribution is 14.1. The molecule has 0 radical (unpaired) electrons. The van der Waals surface area contributed by atoms with E-state index in [2.05, 4.69) is 58.8 Å². The van der Waals surface area contributed by atoms with Crippen molar-refractivity contribution in [2.24, 2.45) is 5.73 Å². The number of nitrogens with two attached hydrogens (primary N) is 1. The van der Waals surface area contributed by atoms with Gasteiger partial charge in [-0.25, -0.2) is 0 Å². The second-order valence-electron chi connectivity index (χ2n) is 4.33. The largest absolute Gasteiger partial charge is 0.330 e. The van der Waals surface area contributed by atoms with Crippen LogP contribution < -0.4 is 5.73 Å². The molecule has 2 nitrogen and oxygen atoms in total. The summed E-state index contributed by atoms with van der Waals surface area (Å²) in [5, 5.41) is 1.29. The van der Waals surface area contributed by atoms with E-state index in [9.17, 15) is 0 Å². The standard InChI is InChI=1S/C14H17IN2/c1-10-8-11(4-2-3-7-16)13-9-12(15)5-6-14(13)17-10/h5-6,8-9H,2-4,7,16H2,1H3. The van der Waals surface area contributed by atoms with Gasteiger partial charge < -0.3 is 5.73 Å². The number of pyridine rings is 1. The summed E-state index contributed by atoms with van der Waals surface area (Å²) < 4.78 is 1.26. The van der Waals surface area contributed by atoms with E-state index in [-0.39, 0.29) is 0 Å². The Hall–Kier alpha value is -0.680. The Bertz CT molecular complexity index is 523. The monoisotopic (exact) mass is 340 g/mol. The van der Waals surface area contributed by atoms with Crippen molar-refractivity contribution in [3.63, 3.8) is 0 Å². The predicted octanol–water partition coefficient (Wildman–Crippen LogP) is 3.43. The highest BCUT2D eigenvalue weighted by atomic mass is 127. The molecule has 0 aliphatic heterocycles. The normalized spacial score (nSPS) is 11.0. The van der Waals surface area contributed by atoms with Crippen LogP contribution in [-0.4, -0.2) is 11.5 Å². The summed E-state index contributed by atoms with van der Waals surface area (Å²) in [4.78, 5) is 4.58. The molecule has 0 saturated heterocycles. The van der Waals surface area contributed by atoms with E-state index in [0.717, 1.165) is 37.0 Å². The second-order valence-corrected chi connectivity index (χ2v) is 5.58. The van der Waals surface area contributed by atoms with Gasteiger partial charge in [-0.05, 0) is 85.2 Å². The molecule has 0 spiro atoms. The molecule has 0 saturated carbocycles. The van der Waals surface area contributed by atoms with Gasteiger partial charge in [0.15, 0.2) is 0 Å². The van der Waals surface area contributed by atoms with Crippen LogP contribution in [-0.2, 0) is 6.42 Å². The van der Waals surface area contributed by atoms with E-state index in [1.807, 2.05) is 0 Å². The summed E-state index contributed by atoms with van der Waals surface area (Å²) in [6.45, 7) is 2.84. The summed E-state index contributed by atoms with van der Waals surface area (Å²) in [6.07, 6.45) is 3.34. The van der Waals surface area contributed by atoms with Crippen LogP contribution in [0.1, 0.15) is 24.1 Å². The van der Waals surface area contributed by atoms with Crippen LogP contribution >= 0.6 is 22.6 Å². The summed E-state index contributed by atoms with van der Waals surface area (Å²) >= 11 is 2.35. The molecular weight excluding hydrogens is 323 g/mol. The van der Waals surface area contributed by atoms with Gasteiger partial charge in [0.25, 0.3) is 0 Å². The number of halogens is 1. The van der Waals surface area contributed by atoms with Crippen molar-refractivity contribution in [3.8, 4) is 0 Å². The SMILES string of the molecule is Cc1cc(CCCCN)c2cc(I)ccc2n1. The number of hydrogen-bond acceptors (Lipinski definition) is 2. The van der Waals surface area contributed by atoms with Crippen molar-refractivity contribution in [1.82, 2.24) is 4.98 Å². The molecule has 1 heterocycles. The topological polar surface area (TPSA) is 38.9 Å². The maximum atomic E-state index is 5.55. The van der Waals surface area contributed by atoms with Crippen LogP contribution in [0.5, 0.6) is 0 Å². The van der Waals surface area contributed by atoms with Crippen LogP contribution in [0.4, 0.5) is 0 Å². The fraction of sp³-hybridized carbons (Fsp3) is 0.357. The third-order valence-corrected chi connectivity index (χ3v) is 3.56. The lowest BCUT2D eigenvalue weighted by atomic mass is 10.0. The highest BCUT2D eigenvalue weighted by Gasteiger charge is 2.04. The molecule has 17 heavy (non-hydrogen) atoms. The van der Waals surface area contributed by atoms with Gasteiger partial charge in [-0.15, -0.1) is 0 Å². The molecule has 0 bridgehead atoms. The zero-order chi connectivity index (χ0) is 12.3. The van der Waals surface area contributed by atoms with Crippen molar-refractivity contribution in [1.29, 1.82) is 0 Å². The quantitative estimate of drug-likeness (QED) is 0.684. The molecule has 90 valence electrons. The molecule has 0 amide bonds. The smallest absolute Gasteiger partial charge is 0.0708 e. The fourth-order valence-electron chi connectivity index (χ4n) is 2.08. The van der Waals surface area contributed by atoms with E-state index in [1.165, 1.54) is 14.5 Å². The molecule has 2 aromatic rings. The predicted molar refractivity (Wildman–Crippen MR) is 81.2 cm³/mol. The molecule has 2 rings (SSSR count). The first-order valence-corrected chi connectivity index (χ1v) is 7.04. The number of aryl methyl sites for hydroxylation is 2. The minimum absolute atomic E-state index is 0.777. The average molecular weight is 340 g/mol. The van der Waals surface area contributed by atoms with Crippen molar-refractivity contribution in [2.75, 3.05) is 6.54 Å². The number of fused-ring (bicyclic) bond motifs is 1. The van der Waals surface area contributed by atoms with E-state index in [4.69, 9.17) is 5.73 Å². The van der Waals surface area contributed by atoms with Gasteiger partial charge in [-0.2, -0.15) is 0 Å².